The van der Waals surface area contributed by atoms with Gasteiger partial charge >= 0.3 is 0 Å². The monoisotopic (exact) mass is 828 g/mol. The summed E-state index contributed by atoms with van der Waals surface area (Å²) < 4.78 is 7.42. The van der Waals surface area contributed by atoms with Crippen molar-refractivity contribution >= 4 is 107 Å². The van der Waals surface area contributed by atoms with Crippen LogP contribution in [0.2, 0.25) is 0 Å². The van der Waals surface area contributed by atoms with E-state index in [9.17, 15) is 0 Å². The Kier molecular flexibility index (Phi) is 7.17. The van der Waals surface area contributed by atoms with Crippen LogP contribution in [-0.2, 0) is 0 Å². The van der Waals surface area contributed by atoms with Gasteiger partial charge in [0.1, 0.15) is 0 Å². The first-order valence-electron chi connectivity index (χ1n) is 20.9. The van der Waals surface area contributed by atoms with Crippen LogP contribution < -0.4 is 4.90 Å². The summed E-state index contributed by atoms with van der Waals surface area (Å²) in [4.78, 5) is 23.7. The van der Waals surface area contributed by atoms with Crippen molar-refractivity contribution in [3.8, 4) is 28.6 Å². The Balaban J connectivity index is 1.01. The van der Waals surface area contributed by atoms with Gasteiger partial charge in [-0.15, -0.1) is 22.7 Å². The van der Waals surface area contributed by atoms with Gasteiger partial charge in [0.2, 0.25) is 11.9 Å². The molecule has 6 heterocycles. The van der Waals surface area contributed by atoms with Crippen molar-refractivity contribution in [3.05, 3.63) is 188 Å². The molecule has 1 aliphatic carbocycles. The highest BCUT2D eigenvalue weighted by Gasteiger charge is 2.41. The van der Waals surface area contributed by atoms with E-state index in [0.29, 0.717) is 17.7 Å². The van der Waals surface area contributed by atoms with Gasteiger partial charge in [-0.3, -0.25) is 4.57 Å². The van der Waals surface area contributed by atoms with Crippen molar-refractivity contribution in [2.45, 2.75) is 12.0 Å². The van der Waals surface area contributed by atoms with Crippen LogP contribution >= 0.6 is 22.7 Å². The van der Waals surface area contributed by atoms with Crippen LogP contribution in [0.15, 0.2) is 182 Å². The summed E-state index contributed by atoms with van der Waals surface area (Å²) in [5, 5.41) is 8.66. The summed E-state index contributed by atoms with van der Waals surface area (Å²) in [5.74, 6) is 1.95. The summed E-state index contributed by atoms with van der Waals surface area (Å²) in [7, 11) is 0. The van der Waals surface area contributed by atoms with Gasteiger partial charge in [-0.2, -0.15) is 15.0 Å². The predicted octanol–water partition coefficient (Wildman–Crippen LogP) is 14.3. The fourth-order valence-corrected chi connectivity index (χ4v) is 12.6. The largest absolute Gasteiger partial charge is 0.302 e. The van der Waals surface area contributed by atoms with E-state index in [1.54, 1.807) is 0 Å². The Hall–Kier alpha value is -7.52. The number of thiophene rings is 2. The minimum Gasteiger partial charge on any atom is -0.302 e. The van der Waals surface area contributed by atoms with Crippen LogP contribution in [-0.4, -0.2) is 30.5 Å². The molecule has 6 nitrogen and oxygen atoms in total. The molecule has 0 bridgehead atoms. The average Bonchev–Trinajstić information content (AvgIpc) is 4.09. The molecule has 8 heteroatoms. The number of hydrogen-bond acceptors (Lipinski definition) is 7. The maximum Gasteiger partial charge on any atom is 0.240 e. The zero-order valence-electron chi connectivity index (χ0n) is 33.0. The number of nitrogens with zero attached hydrogens (tertiary/aromatic N) is 6. The van der Waals surface area contributed by atoms with Crippen LogP contribution in [0.5, 0.6) is 0 Å². The molecule has 7 aromatic carbocycles. The van der Waals surface area contributed by atoms with E-state index in [4.69, 9.17) is 19.9 Å². The van der Waals surface area contributed by atoms with Gasteiger partial charge in [0.15, 0.2) is 5.82 Å². The number of pyridine rings is 1. The third-order valence-corrected chi connectivity index (χ3v) is 15.2. The number of para-hydroxylation sites is 2. The highest BCUT2D eigenvalue weighted by atomic mass is 32.1. The molecule has 0 N–H and O–H groups in total. The van der Waals surface area contributed by atoms with Gasteiger partial charge in [-0.05, 0) is 42.5 Å². The molecule has 0 spiro atoms. The molecule has 14 rings (SSSR count). The van der Waals surface area contributed by atoms with Crippen LogP contribution in [0, 0.1) is 0 Å². The Morgan fingerprint density at radius 3 is 2.00 bits per heavy atom. The van der Waals surface area contributed by atoms with E-state index in [0.717, 1.165) is 44.4 Å². The maximum atomic E-state index is 5.52. The van der Waals surface area contributed by atoms with E-state index < -0.39 is 0 Å². The van der Waals surface area contributed by atoms with Gasteiger partial charge in [0.25, 0.3) is 0 Å². The van der Waals surface area contributed by atoms with Crippen LogP contribution in [0.3, 0.4) is 0 Å². The van der Waals surface area contributed by atoms with Gasteiger partial charge in [-0.25, -0.2) is 4.98 Å². The fraction of sp³-hybridized carbons (Fsp3) is 0.0370. The van der Waals surface area contributed by atoms with Crippen molar-refractivity contribution in [2.24, 2.45) is 0 Å². The number of benzene rings is 7. The molecule has 62 heavy (non-hydrogen) atoms. The molecule has 0 fully saturated rings. The number of allylic oxidation sites excluding steroid dienone is 2. The Labute approximate surface area is 363 Å². The second-order valence-corrected chi connectivity index (χ2v) is 18.2. The Morgan fingerprint density at radius 2 is 1.15 bits per heavy atom. The number of rotatable bonds is 4. The van der Waals surface area contributed by atoms with E-state index in [1.807, 2.05) is 34.8 Å². The lowest BCUT2D eigenvalue weighted by Crippen LogP contribution is -2.30. The first kappa shape index (κ1) is 34.2. The van der Waals surface area contributed by atoms with Crippen molar-refractivity contribution in [1.82, 2.24) is 24.5 Å². The molecule has 2 aliphatic rings. The van der Waals surface area contributed by atoms with E-state index in [1.165, 1.54) is 56.7 Å². The molecule has 12 aromatic rings. The second kappa shape index (κ2) is 13.0. The quantitative estimate of drug-likeness (QED) is 0.177. The summed E-state index contributed by atoms with van der Waals surface area (Å²) >= 11 is 3.73. The number of hydrogen-bond donors (Lipinski definition) is 0. The molecular weight excluding hydrogens is 797 g/mol. The predicted molar refractivity (Wildman–Crippen MR) is 260 cm³/mol. The lowest BCUT2D eigenvalue weighted by molar-refractivity contribution is 0.727. The molecular formula is C54H32N6S2. The SMILES string of the molecule is C1=CC2c3c(ccc4c3sc3ccccc34)N(c3nc(-c4ccc(-c5ccc6ccccc6n5)cc4)nc(-n4c5ccccc5c5c6sc7ccccc7c6ccc54)n3)C2C=C1. The molecule has 2 unspecified atom stereocenters. The molecule has 5 aromatic heterocycles. The molecule has 0 saturated carbocycles. The second-order valence-electron chi connectivity index (χ2n) is 16.1. The zero-order valence-corrected chi connectivity index (χ0v) is 34.6. The van der Waals surface area contributed by atoms with Crippen molar-refractivity contribution in [3.63, 3.8) is 0 Å². The Bertz CT molecular complexity index is 3910. The van der Waals surface area contributed by atoms with Crippen LogP contribution in [0.1, 0.15) is 11.5 Å². The normalized spacial score (nSPS) is 15.9. The molecule has 0 radical (unpaired) electrons. The van der Waals surface area contributed by atoms with Crippen LogP contribution in [0.25, 0.3) is 102 Å². The molecule has 2 atom stereocenters. The summed E-state index contributed by atoms with van der Waals surface area (Å²) in [6, 6.07) is 56.2. The van der Waals surface area contributed by atoms with Crippen molar-refractivity contribution < 1.29 is 0 Å². The standard InChI is InChI=1S/C54H32N6S2/c1-6-16-40-31(11-1)25-28-41(55-40)32-21-23-33(24-22-32)52-56-53(59-42-17-7-2-14-38(42)48-44(59)29-26-36-34-12-4-9-19-46(34)61-50(36)48)58-54(57-52)60-43-18-8-3-15-39(43)49-45(60)30-27-37-35-13-5-10-20-47(35)62-51(37)49/h1-30,38,42H. The highest BCUT2D eigenvalue weighted by molar-refractivity contribution is 7.27. The van der Waals surface area contributed by atoms with E-state index in [2.05, 4.69) is 179 Å². The average molecular weight is 829 g/mol. The first-order valence-corrected chi connectivity index (χ1v) is 22.5. The third-order valence-electron chi connectivity index (χ3n) is 12.8. The lowest BCUT2D eigenvalue weighted by atomic mass is 9.91. The summed E-state index contributed by atoms with van der Waals surface area (Å²) in [6.45, 7) is 0. The number of anilines is 2. The minimum absolute atomic E-state index is 0.00779. The molecule has 290 valence electrons. The Morgan fingerprint density at radius 1 is 0.468 bits per heavy atom. The number of fused-ring (bicyclic) bond motifs is 15. The van der Waals surface area contributed by atoms with Gasteiger partial charge in [-0.1, -0.05) is 140 Å². The fourth-order valence-electron chi connectivity index (χ4n) is 10.0. The van der Waals surface area contributed by atoms with Gasteiger partial charge in [0.05, 0.1) is 28.3 Å². The molecule has 0 amide bonds. The van der Waals surface area contributed by atoms with E-state index in [-0.39, 0.29) is 12.0 Å². The topological polar surface area (TPSA) is 59.7 Å². The van der Waals surface area contributed by atoms with E-state index >= 15 is 0 Å². The molecule has 1 aliphatic heterocycles. The highest BCUT2D eigenvalue weighted by Crippen LogP contribution is 2.53. The van der Waals surface area contributed by atoms with Crippen LogP contribution in [0.4, 0.5) is 11.6 Å². The minimum atomic E-state index is -0.00779. The zero-order chi connectivity index (χ0) is 40.5. The maximum absolute atomic E-state index is 5.52. The van der Waals surface area contributed by atoms with Crippen molar-refractivity contribution in [1.29, 1.82) is 0 Å². The van der Waals surface area contributed by atoms with Crippen molar-refractivity contribution in [2.75, 3.05) is 4.90 Å². The lowest BCUT2D eigenvalue weighted by Gasteiger charge is -2.27. The number of aromatic nitrogens is 5. The summed E-state index contributed by atoms with van der Waals surface area (Å²) in [5.41, 5.74) is 8.42. The third kappa shape index (κ3) is 4.90. The first-order chi connectivity index (χ1) is 30.7. The smallest absolute Gasteiger partial charge is 0.240 e. The summed E-state index contributed by atoms with van der Waals surface area (Å²) in [6.07, 6.45) is 8.99. The van der Waals surface area contributed by atoms with Gasteiger partial charge in [0, 0.05) is 84.8 Å². The van der Waals surface area contributed by atoms with Gasteiger partial charge < -0.3 is 4.90 Å². The molecule has 0 saturated heterocycles.